The minimum absolute atomic E-state index is 0.0799. The summed E-state index contributed by atoms with van der Waals surface area (Å²) >= 11 is 3.08. The van der Waals surface area contributed by atoms with E-state index in [0.717, 1.165) is 6.07 Å². The Morgan fingerprint density at radius 3 is 2.45 bits per heavy atom. The molecule has 0 bridgehead atoms. The van der Waals surface area contributed by atoms with Gasteiger partial charge < -0.3 is 4.90 Å². The van der Waals surface area contributed by atoms with E-state index in [1.54, 1.807) is 4.90 Å². The Morgan fingerprint density at radius 1 is 1.14 bits per heavy atom. The van der Waals surface area contributed by atoms with Crippen LogP contribution in [0.3, 0.4) is 0 Å². The van der Waals surface area contributed by atoms with E-state index >= 15 is 0 Å². The Labute approximate surface area is 175 Å². The Morgan fingerprint density at radius 2 is 1.83 bits per heavy atom. The number of hydrogen-bond acceptors (Lipinski definition) is 5. The predicted octanol–water partition coefficient (Wildman–Crippen LogP) is 2.57. The van der Waals surface area contributed by atoms with Gasteiger partial charge in [0.15, 0.2) is 0 Å². The molecule has 8 nitrogen and oxygen atoms in total. The molecule has 0 radical (unpaired) electrons. The molecule has 0 spiro atoms. The molecule has 154 valence electrons. The molecule has 0 saturated carbocycles. The molecule has 0 atom stereocenters. The van der Waals surface area contributed by atoms with Crippen molar-refractivity contribution in [3.05, 3.63) is 68.4 Å². The summed E-state index contributed by atoms with van der Waals surface area (Å²) in [4.78, 5) is 24.1. The lowest BCUT2D eigenvalue weighted by Crippen LogP contribution is -2.50. The number of rotatable bonds is 5. The van der Waals surface area contributed by atoms with Crippen LogP contribution in [0.5, 0.6) is 0 Å². The van der Waals surface area contributed by atoms with Crippen molar-refractivity contribution in [1.29, 1.82) is 0 Å². The van der Waals surface area contributed by atoms with Crippen LogP contribution in [0.4, 0.5) is 10.1 Å². The summed E-state index contributed by atoms with van der Waals surface area (Å²) in [6.45, 7) is 0.582. The largest absolute Gasteiger partial charge is 0.340 e. The van der Waals surface area contributed by atoms with Gasteiger partial charge in [0, 0.05) is 38.3 Å². The summed E-state index contributed by atoms with van der Waals surface area (Å²) < 4.78 is 40.3. The van der Waals surface area contributed by atoms with Gasteiger partial charge in [-0.25, -0.2) is 12.8 Å². The lowest BCUT2D eigenvalue weighted by atomic mass is 10.1. The molecule has 29 heavy (non-hydrogen) atoms. The van der Waals surface area contributed by atoms with Crippen LogP contribution in [0.15, 0.2) is 51.8 Å². The highest BCUT2D eigenvalue weighted by Crippen LogP contribution is 2.22. The predicted molar refractivity (Wildman–Crippen MR) is 106 cm³/mol. The standard InChI is InChI=1S/C18H17BrFN3O5S/c19-16-10-13(4-5-17(16)20)11-18(24)21-6-8-22(9-7-21)29(27,28)15-3-1-2-14(12-15)23(25)26/h1-5,10,12H,6-9,11H2. The zero-order chi connectivity index (χ0) is 21.2. The molecule has 1 saturated heterocycles. The number of nitro groups is 1. The number of halogens is 2. The first kappa shape index (κ1) is 21.3. The van der Waals surface area contributed by atoms with E-state index in [-0.39, 0.29) is 53.6 Å². The molecule has 2 aromatic rings. The van der Waals surface area contributed by atoms with Crippen LogP contribution in [-0.2, 0) is 21.2 Å². The molecule has 11 heteroatoms. The average molecular weight is 486 g/mol. The maximum absolute atomic E-state index is 13.3. The van der Waals surface area contributed by atoms with Crippen LogP contribution in [0, 0.1) is 15.9 Å². The van der Waals surface area contributed by atoms with Crippen LogP contribution in [0.2, 0.25) is 0 Å². The van der Waals surface area contributed by atoms with E-state index < -0.39 is 20.8 Å². The van der Waals surface area contributed by atoms with Gasteiger partial charge in [0.2, 0.25) is 15.9 Å². The third-order valence-corrected chi connectivity index (χ3v) is 7.10. The topological polar surface area (TPSA) is 101 Å². The molecule has 1 amide bonds. The van der Waals surface area contributed by atoms with E-state index in [9.17, 15) is 27.7 Å². The summed E-state index contributed by atoms with van der Waals surface area (Å²) in [5, 5.41) is 10.9. The third-order valence-electron chi connectivity index (χ3n) is 4.60. The van der Waals surface area contributed by atoms with Gasteiger partial charge in [-0.05, 0) is 39.7 Å². The van der Waals surface area contributed by atoms with Crippen molar-refractivity contribution < 1.29 is 22.5 Å². The Balaban J connectivity index is 1.65. The number of piperazine rings is 1. The van der Waals surface area contributed by atoms with Crippen molar-refractivity contribution in [2.45, 2.75) is 11.3 Å². The smallest absolute Gasteiger partial charge is 0.270 e. The molecule has 0 N–H and O–H groups in total. The number of sulfonamides is 1. The molecular formula is C18H17BrFN3O5S. The second kappa shape index (κ2) is 8.56. The molecule has 2 aromatic carbocycles. The fourth-order valence-corrected chi connectivity index (χ4v) is 4.91. The van der Waals surface area contributed by atoms with Crippen molar-refractivity contribution in [2.75, 3.05) is 26.2 Å². The molecule has 1 aliphatic heterocycles. The van der Waals surface area contributed by atoms with Crippen molar-refractivity contribution >= 4 is 37.5 Å². The Hall–Kier alpha value is -2.37. The van der Waals surface area contributed by atoms with E-state index in [1.807, 2.05) is 0 Å². The van der Waals surface area contributed by atoms with Gasteiger partial charge >= 0.3 is 0 Å². The van der Waals surface area contributed by atoms with Gasteiger partial charge in [-0.3, -0.25) is 14.9 Å². The highest BCUT2D eigenvalue weighted by Gasteiger charge is 2.31. The van der Waals surface area contributed by atoms with Gasteiger partial charge in [-0.1, -0.05) is 12.1 Å². The third kappa shape index (κ3) is 4.80. The Bertz CT molecular complexity index is 1060. The van der Waals surface area contributed by atoms with Crippen LogP contribution in [0.25, 0.3) is 0 Å². The minimum atomic E-state index is -3.89. The SMILES string of the molecule is O=C(Cc1ccc(F)c(Br)c1)N1CCN(S(=O)(=O)c2cccc([N+](=O)[O-])c2)CC1. The number of carbonyl (C=O) groups excluding carboxylic acids is 1. The van der Waals surface area contributed by atoms with Crippen LogP contribution < -0.4 is 0 Å². The number of hydrogen-bond donors (Lipinski definition) is 0. The van der Waals surface area contributed by atoms with Gasteiger partial charge in [-0.2, -0.15) is 4.31 Å². The normalized spacial score (nSPS) is 15.3. The molecule has 0 aliphatic carbocycles. The van der Waals surface area contributed by atoms with E-state index in [0.29, 0.717) is 5.56 Å². The highest BCUT2D eigenvalue weighted by molar-refractivity contribution is 9.10. The first-order chi connectivity index (χ1) is 13.7. The number of nitrogens with zero attached hydrogens (tertiary/aromatic N) is 3. The zero-order valence-corrected chi connectivity index (χ0v) is 17.5. The summed E-state index contributed by atoms with van der Waals surface area (Å²) in [7, 11) is -3.89. The Kier molecular flexibility index (Phi) is 6.30. The first-order valence-electron chi connectivity index (χ1n) is 8.65. The van der Waals surface area contributed by atoms with Crippen LogP contribution in [0.1, 0.15) is 5.56 Å². The van der Waals surface area contributed by atoms with Crippen molar-refractivity contribution in [3.63, 3.8) is 0 Å². The number of benzene rings is 2. The van der Waals surface area contributed by atoms with Gasteiger partial charge in [0.25, 0.3) is 5.69 Å². The van der Waals surface area contributed by atoms with Crippen LogP contribution >= 0.6 is 15.9 Å². The maximum Gasteiger partial charge on any atom is 0.270 e. The van der Waals surface area contributed by atoms with Crippen molar-refractivity contribution in [3.8, 4) is 0 Å². The molecule has 1 fully saturated rings. The fraction of sp³-hybridized carbons (Fsp3) is 0.278. The summed E-state index contributed by atoms with van der Waals surface area (Å²) in [6.07, 6.45) is 0.0799. The van der Waals surface area contributed by atoms with Gasteiger partial charge in [0.05, 0.1) is 20.7 Å². The molecule has 1 heterocycles. The monoisotopic (exact) mass is 485 g/mol. The van der Waals surface area contributed by atoms with E-state index in [4.69, 9.17) is 0 Å². The number of nitro benzene ring substituents is 1. The maximum atomic E-state index is 13.3. The van der Waals surface area contributed by atoms with Gasteiger partial charge in [0.1, 0.15) is 5.82 Å². The quantitative estimate of drug-likeness (QED) is 0.478. The molecule has 1 aliphatic rings. The summed E-state index contributed by atoms with van der Waals surface area (Å²) in [5.41, 5.74) is 0.347. The molecule has 0 aromatic heterocycles. The van der Waals surface area contributed by atoms with Crippen molar-refractivity contribution in [2.24, 2.45) is 0 Å². The second-order valence-corrected chi connectivity index (χ2v) is 9.26. The molecular weight excluding hydrogens is 469 g/mol. The van der Waals surface area contributed by atoms with E-state index in [2.05, 4.69) is 15.9 Å². The highest BCUT2D eigenvalue weighted by atomic mass is 79.9. The lowest BCUT2D eigenvalue weighted by Gasteiger charge is -2.34. The fourth-order valence-electron chi connectivity index (χ4n) is 3.02. The first-order valence-corrected chi connectivity index (χ1v) is 10.9. The van der Waals surface area contributed by atoms with Crippen molar-refractivity contribution in [1.82, 2.24) is 9.21 Å². The molecule has 3 rings (SSSR count). The minimum Gasteiger partial charge on any atom is -0.340 e. The summed E-state index contributed by atoms with van der Waals surface area (Å²) in [6, 6.07) is 9.23. The second-order valence-electron chi connectivity index (χ2n) is 6.46. The number of non-ortho nitro benzene ring substituents is 1. The number of amides is 1. The van der Waals surface area contributed by atoms with E-state index in [1.165, 1.54) is 40.7 Å². The zero-order valence-electron chi connectivity index (χ0n) is 15.1. The lowest BCUT2D eigenvalue weighted by molar-refractivity contribution is -0.385. The molecule has 0 unspecified atom stereocenters. The number of carbonyl (C=O) groups is 1. The van der Waals surface area contributed by atoms with Gasteiger partial charge in [-0.15, -0.1) is 0 Å². The average Bonchev–Trinajstić information content (AvgIpc) is 2.71. The summed E-state index contributed by atoms with van der Waals surface area (Å²) in [5.74, 6) is -0.600. The van der Waals surface area contributed by atoms with Crippen LogP contribution in [-0.4, -0.2) is 54.6 Å².